The monoisotopic (exact) mass is 290 g/mol. The molecule has 1 fully saturated rings. The summed E-state index contributed by atoms with van der Waals surface area (Å²) in [7, 11) is 0. The molecule has 6 nitrogen and oxygen atoms in total. The number of hydrogen-bond donors (Lipinski definition) is 4. The van der Waals surface area contributed by atoms with Crippen LogP contribution in [-0.2, 0) is 0 Å². The molecule has 0 spiro atoms. The molecule has 1 aromatic rings. The van der Waals surface area contributed by atoms with E-state index in [1.165, 1.54) is 25.3 Å². The molecule has 0 aliphatic heterocycles. The number of rotatable bonds is 6. The molecule has 1 amide bonds. The van der Waals surface area contributed by atoms with Crippen LogP contribution in [0.25, 0.3) is 0 Å². The van der Waals surface area contributed by atoms with Gasteiger partial charge in [0, 0.05) is 19.6 Å². The van der Waals surface area contributed by atoms with Gasteiger partial charge >= 0.3 is 0 Å². The van der Waals surface area contributed by atoms with Crippen LogP contribution in [0.5, 0.6) is 5.75 Å². The molecule has 0 unspecified atom stereocenters. The van der Waals surface area contributed by atoms with Crippen LogP contribution in [0.15, 0.2) is 29.3 Å². The predicted molar refractivity (Wildman–Crippen MR) is 82.3 cm³/mol. The number of phenolic OH excluding ortho intramolecular Hbond substituents is 1. The Kier molecular flexibility index (Phi) is 5.43. The van der Waals surface area contributed by atoms with Gasteiger partial charge in [-0.3, -0.25) is 9.79 Å². The van der Waals surface area contributed by atoms with Crippen LogP contribution in [0.3, 0.4) is 0 Å². The predicted octanol–water partition coefficient (Wildman–Crippen LogP) is 0.826. The van der Waals surface area contributed by atoms with E-state index >= 15 is 0 Å². The van der Waals surface area contributed by atoms with Gasteiger partial charge in [-0.05, 0) is 30.9 Å². The number of amides is 1. The third-order valence-corrected chi connectivity index (χ3v) is 3.61. The average molecular weight is 290 g/mol. The highest BCUT2D eigenvalue weighted by Crippen LogP contribution is 2.26. The molecule has 1 aliphatic rings. The number of nitrogens with two attached hydrogens (primary N) is 1. The molecule has 0 aromatic heterocycles. The fourth-order valence-corrected chi connectivity index (χ4v) is 2.09. The number of carbonyl (C=O) groups excluding carboxylic acids is 1. The normalized spacial score (nSPS) is 15.3. The largest absolute Gasteiger partial charge is 0.507 e. The van der Waals surface area contributed by atoms with Crippen molar-refractivity contribution in [2.45, 2.75) is 19.3 Å². The van der Waals surface area contributed by atoms with Crippen molar-refractivity contribution in [3.8, 4) is 5.75 Å². The molecule has 114 valence electrons. The second kappa shape index (κ2) is 7.52. The van der Waals surface area contributed by atoms with Crippen molar-refractivity contribution in [1.29, 1.82) is 0 Å². The summed E-state index contributed by atoms with van der Waals surface area (Å²) in [6.45, 7) is 1.69. The first-order chi connectivity index (χ1) is 10.2. The Morgan fingerprint density at radius 1 is 1.29 bits per heavy atom. The van der Waals surface area contributed by atoms with E-state index in [0.29, 0.717) is 25.0 Å². The van der Waals surface area contributed by atoms with Crippen LogP contribution in [0.1, 0.15) is 29.6 Å². The Morgan fingerprint density at radius 2 is 2.00 bits per heavy atom. The van der Waals surface area contributed by atoms with Crippen molar-refractivity contribution in [2.75, 3.05) is 19.6 Å². The van der Waals surface area contributed by atoms with E-state index in [-0.39, 0.29) is 17.2 Å². The number of nitrogens with one attached hydrogen (secondary N) is 2. The number of aromatic hydroxyl groups is 1. The SMILES string of the molecule is NC(=NCC1CCC1)NCCNC(=O)c1ccccc1O. The molecular weight excluding hydrogens is 268 g/mol. The van der Waals surface area contributed by atoms with Gasteiger partial charge in [0.2, 0.25) is 0 Å². The minimum Gasteiger partial charge on any atom is -0.507 e. The maximum Gasteiger partial charge on any atom is 0.255 e. The van der Waals surface area contributed by atoms with Crippen LogP contribution in [0.2, 0.25) is 0 Å². The third kappa shape index (κ3) is 4.66. The first kappa shape index (κ1) is 15.2. The Balaban J connectivity index is 1.65. The molecule has 2 rings (SSSR count). The number of para-hydroxylation sites is 1. The average Bonchev–Trinajstić information content (AvgIpc) is 2.42. The molecule has 1 saturated carbocycles. The zero-order valence-corrected chi connectivity index (χ0v) is 12.0. The van der Waals surface area contributed by atoms with Gasteiger partial charge in [-0.25, -0.2) is 0 Å². The number of benzene rings is 1. The van der Waals surface area contributed by atoms with Crippen LogP contribution in [0.4, 0.5) is 0 Å². The number of hydrogen-bond acceptors (Lipinski definition) is 3. The lowest BCUT2D eigenvalue weighted by Gasteiger charge is -2.23. The van der Waals surface area contributed by atoms with Crippen molar-refractivity contribution >= 4 is 11.9 Å². The molecule has 1 aliphatic carbocycles. The quantitative estimate of drug-likeness (QED) is 0.354. The second-order valence-electron chi connectivity index (χ2n) is 5.22. The van der Waals surface area contributed by atoms with E-state index in [0.717, 1.165) is 6.54 Å². The Hall–Kier alpha value is -2.24. The summed E-state index contributed by atoms with van der Waals surface area (Å²) in [6.07, 6.45) is 3.78. The minimum atomic E-state index is -0.306. The Morgan fingerprint density at radius 3 is 2.67 bits per heavy atom. The lowest BCUT2D eigenvalue weighted by atomic mass is 9.86. The van der Waals surface area contributed by atoms with E-state index < -0.39 is 0 Å². The van der Waals surface area contributed by atoms with Gasteiger partial charge in [-0.1, -0.05) is 18.6 Å². The van der Waals surface area contributed by atoms with E-state index in [1.807, 2.05) is 0 Å². The van der Waals surface area contributed by atoms with Crippen LogP contribution >= 0.6 is 0 Å². The highest BCUT2D eigenvalue weighted by Gasteiger charge is 2.16. The van der Waals surface area contributed by atoms with Crippen molar-refractivity contribution in [3.63, 3.8) is 0 Å². The van der Waals surface area contributed by atoms with E-state index in [2.05, 4.69) is 15.6 Å². The van der Waals surface area contributed by atoms with Crippen LogP contribution in [-0.4, -0.2) is 36.6 Å². The summed E-state index contributed by atoms with van der Waals surface area (Å²) in [5.41, 5.74) is 6.01. The Labute approximate surface area is 124 Å². The van der Waals surface area contributed by atoms with Gasteiger partial charge in [-0.2, -0.15) is 0 Å². The molecule has 0 heterocycles. The number of aliphatic imine (C=N–C) groups is 1. The van der Waals surface area contributed by atoms with Gasteiger partial charge in [0.05, 0.1) is 5.56 Å². The van der Waals surface area contributed by atoms with Gasteiger partial charge in [0.15, 0.2) is 5.96 Å². The fraction of sp³-hybridized carbons (Fsp3) is 0.467. The maximum absolute atomic E-state index is 11.8. The number of guanidine groups is 1. The smallest absolute Gasteiger partial charge is 0.255 e. The minimum absolute atomic E-state index is 0.0236. The van der Waals surface area contributed by atoms with Crippen LogP contribution < -0.4 is 16.4 Å². The number of phenols is 1. The first-order valence-corrected chi connectivity index (χ1v) is 7.27. The standard InChI is InChI=1S/C15H22N4O2/c16-15(19-10-11-4-3-5-11)18-9-8-17-14(21)12-6-1-2-7-13(12)20/h1-2,6-7,11,20H,3-5,8-10H2,(H,17,21)(H3,16,18,19). The summed E-state index contributed by atoms with van der Waals surface area (Å²) < 4.78 is 0. The Bertz CT molecular complexity index is 512. The third-order valence-electron chi connectivity index (χ3n) is 3.61. The summed E-state index contributed by atoms with van der Waals surface area (Å²) in [5, 5.41) is 15.2. The van der Waals surface area contributed by atoms with E-state index in [4.69, 9.17) is 5.73 Å². The summed E-state index contributed by atoms with van der Waals surface area (Å²) >= 11 is 0. The van der Waals surface area contributed by atoms with Crippen LogP contribution in [0, 0.1) is 5.92 Å². The summed E-state index contributed by atoms with van der Waals surface area (Å²) in [6, 6.07) is 6.44. The maximum atomic E-state index is 11.8. The fourth-order valence-electron chi connectivity index (χ4n) is 2.09. The highest BCUT2D eigenvalue weighted by atomic mass is 16.3. The number of nitrogens with zero attached hydrogens (tertiary/aromatic N) is 1. The van der Waals surface area contributed by atoms with Crippen molar-refractivity contribution in [1.82, 2.24) is 10.6 Å². The second-order valence-corrected chi connectivity index (χ2v) is 5.22. The lowest BCUT2D eigenvalue weighted by Crippen LogP contribution is -2.38. The molecule has 0 radical (unpaired) electrons. The molecule has 1 aromatic carbocycles. The van der Waals surface area contributed by atoms with E-state index in [9.17, 15) is 9.90 Å². The molecule has 0 bridgehead atoms. The molecule has 6 heteroatoms. The highest BCUT2D eigenvalue weighted by molar-refractivity contribution is 5.96. The zero-order chi connectivity index (χ0) is 15.1. The topological polar surface area (TPSA) is 99.7 Å². The molecule has 5 N–H and O–H groups in total. The van der Waals surface area contributed by atoms with Gasteiger partial charge in [0.25, 0.3) is 5.91 Å². The molecule has 21 heavy (non-hydrogen) atoms. The molecule has 0 saturated heterocycles. The molecule has 0 atom stereocenters. The first-order valence-electron chi connectivity index (χ1n) is 7.27. The van der Waals surface area contributed by atoms with Crippen molar-refractivity contribution in [2.24, 2.45) is 16.6 Å². The van der Waals surface area contributed by atoms with E-state index in [1.54, 1.807) is 18.2 Å². The molecular formula is C15H22N4O2. The zero-order valence-electron chi connectivity index (χ0n) is 12.0. The van der Waals surface area contributed by atoms with Crippen molar-refractivity contribution < 1.29 is 9.90 Å². The van der Waals surface area contributed by atoms with Crippen molar-refractivity contribution in [3.05, 3.63) is 29.8 Å². The van der Waals surface area contributed by atoms with Gasteiger partial charge in [-0.15, -0.1) is 0 Å². The van der Waals surface area contributed by atoms with Gasteiger partial charge in [0.1, 0.15) is 5.75 Å². The van der Waals surface area contributed by atoms with Gasteiger partial charge < -0.3 is 21.5 Å². The summed E-state index contributed by atoms with van der Waals surface area (Å²) in [4.78, 5) is 16.1. The number of carbonyl (C=O) groups is 1. The summed E-state index contributed by atoms with van der Waals surface area (Å²) in [5.74, 6) is 0.772. The lowest BCUT2D eigenvalue weighted by molar-refractivity contribution is 0.0951.